The monoisotopic (exact) mass is 819 g/mol. The van der Waals surface area contributed by atoms with E-state index in [1.165, 1.54) is 42.6 Å². The highest BCUT2D eigenvalue weighted by molar-refractivity contribution is 6.39. The molecule has 16 nitrogen and oxygen atoms in total. The molecule has 3 aromatic carbocycles. The second kappa shape index (κ2) is 17.8. The van der Waals surface area contributed by atoms with Gasteiger partial charge < -0.3 is 41.2 Å². The average molecular weight is 820 g/mol. The highest BCUT2D eigenvalue weighted by atomic mass is 35.5. The lowest BCUT2D eigenvalue weighted by Crippen LogP contribution is -2.44. The number of aromatic nitrogens is 4. The zero-order valence-electron chi connectivity index (χ0n) is 30.0. The number of carbonyl (C=O) groups is 4. The quantitative estimate of drug-likeness (QED) is 0.0647. The Hall–Kier alpha value is -7.02. The van der Waals surface area contributed by atoms with Gasteiger partial charge in [0.05, 0.1) is 17.4 Å². The van der Waals surface area contributed by atoms with Gasteiger partial charge in [-0.05, 0) is 79.4 Å². The van der Waals surface area contributed by atoms with E-state index in [1.54, 1.807) is 36.4 Å². The molecular formula is C38H33ClF3N9O7. The summed E-state index contributed by atoms with van der Waals surface area (Å²) in [6, 6.07) is 22.5. The Kier molecular flexibility index (Phi) is 12.5. The zero-order valence-corrected chi connectivity index (χ0v) is 30.8. The molecule has 0 aliphatic heterocycles. The molecule has 0 unspecified atom stereocenters. The van der Waals surface area contributed by atoms with E-state index >= 15 is 0 Å². The van der Waals surface area contributed by atoms with Gasteiger partial charge >= 0.3 is 30.0 Å². The zero-order chi connectivity index (χ0) is 41.3. The van der Waals surface area contributed by atoms with Crippen molar-refractivity contribution >= 4 is 58.6 Å². The van der Waals surface area contributed by atoms with Gasteiger partial charge in [0.1, 0.15) is 11.8 Å². The Bertz CT molecular complexity index is 2250. The number of ether oxygens (including phenoxy) is 2. The normalized spacial score (nSPS) is 13.3. The minimum atomic E-state index is -4.65. The molecular weight excluding hydrogens is 787 g/mol. The number of carboxylic acid groups (broad SMARTS) is 1. The molecule has 0 radical (unpaired) electrons. The van der Waals surface area contributed by atoms with Crippen LogP contribution < -0.4 is 36.1 Å². The number of benzene rings is 3. The number of hydrogen-bond acceptors (Lipinski definition) is 12. The van der Waals surface area contributed by atoms with E-state index in [0.29, 0.717) is 29.3 Å². The number of pyridine rings is 1. The number of anilines is 4. The molecule has 2 aromatic heterocycles. The molecule has 1 saturated carbocycles. The number of para-hydroxylation sites is 1. The number of nitrogens with zero attached hydrogens (tertiary/aromatic N) is 4. The van der Waals surface area contributed by atoms with Crippen LogP contribution in [0.1, 0.15) is 35.2 Å². The number of hydrogen-bond donors (Lipinski definition) is 6. The highest BCUT2D eigenvalue weighted by Crippen LogP contribution is 2.48. The van der Waals surface area contributed by atoms with Crippen LogP contribution in [0.15, 0.2) is 97.2 Å². The molecule has 0 spiro atoms. The molecule has 1 atom stereocenters. The van der Waals surface area contributed by atoms with Gasteiger partial charge in [-0.2, -0.15) is 28.1 Å². The van der Waals surface area contributed by atoms with Crippen molar-refractivity contribution in [1.29, 1.82) is 0 Å². The number of carboxylic acids is 1. The summed E-state index contributed by atoms with van der Waals surface area (Å²) < 4.78 is 49.3. The van der Waals surface area contributed by atoms with Gasteiger partial charge in [-0.1, -0.05) is 41.9 Å². The number of aliphatic carboxylic acids is 1. The Morgan fingerprint density at radius 3 is 2.17 bits per heavy atom. The Morgan fingerprint density at radius 1 is 0.845 bits per heavy atom. The fourth-order valence-corrected chi connectivity index (χ4v) is 5.45. The van der Waals surface area contributed by atoms with Crippen LogP contribution in [0.4, 0.5) is 36.4 Å². The molecule has 0 saturated heterocycles. The first-order chi connectivity index (χ1) is 27.7. The topological polar surface area (TPSA) is 219 Å². The first-order valence-electron chi connectivity index (χ1n) is 17.4. The number of amides is 3. The largest absolute Gasteiger partial charge is 0.480 e. The lowest BCUT2D eigenvalue weighted by molar-refractivity contribution is -0.154. The molecule has 20 heteroatoms. The number of nitrogens with one attached hydrogen (secondary N) is 5. The standard InChI is InChI=1S/C38H33ClF3N9O7/c39-24-10-8-23(9-11-24)37(17-18-37)51-35-48-34(49-36(50-35)57-21-38(40,41)42)46-25-12-6-22(7-13-25)30(52)47-28(33(55)56)16-19-43-31(53)32(54)45-26-14-15-29(44-20-26)58-27-4-2-1-3-5-27/h1-15,20,28H,16-19,21H2,(H,43,53)(H,45,54)(H,47,52)(H,55,56)(H2,46,48,49,50,51)/t28-/m0/s1. The molecule has 3 amide bonds. The van der Waals surface area contributed by atoms with Crippen LogP contribution in [-0.4, -0.2) is 74.1 Å². The smallest absolute Gasteiger partial charge is 0.422 e. The van der Waals surface area contributed by atoms with E-state index in [-0.39, 0.29) is 42.0 Å². The summed E-state index contributed by atoms with van der Waals surface area (Å²) in [5.41, 5.74) is 0.891. The van der Waals surface area contributed by atoms with Crippen molar-refractivity contribution < 1.29 is 46.9 Å². The number of carbonyl (C=O) groups excluding carboxylic acids is 3. The second-order valence-electron chi connectivity index (χ2n) is 12.7. The lowest BCUT2D eigenvalue weighted by atomic mass is 10.1. The van der Waals surface area contributed by atoms with Crippen LogP contribution in [0.25, 0.3) is 0 Å². The second-order valence-corrected chi connectivity index (χ2v) is 13.2. The molecule has 0 bridgehead atoms. The fraction of sp³-hybridized carbons (Fsp3) is 0.211. The van der Waals surface area contributed by atoms with Crippen molar-refractivity contribution in [2.45, 2.75) is 37.0 Å². The predicted molar refractivity (Wildman–Crippen MR) is 203 cm³/mol. The highest BCUT2D eigenvalue weighted by Gasteiger charge is 2.45. The van der Waals surface area contributed by atoms with Crippen LogP contribution in [0.3, 0.4) is 0 Å². The van der Waals surface area contributed by atoms with Gasteiger partial charge in [-0.3, -0.25) is 14.4 Å². The summed E-state index contributed by atoms with van der Waals surface area (Å²) in [6.45, 7) is -1.91. The predicted octanol–water partition coefficient (Wildman–Crippen LogP) is 5.83. The van der Waals surface area contributed by atoms with Crippen LogP contribution >= 0.6 is 11.6 Å². The summed E-state index contributed by atoms with van der Waals surface area (Å²) in [7, 11) is 0. The molecule has 6 N–H and O–H groups in total. The maximum absolute atomic E-state index is 13.0. The van der Waals surface area contributed by atoms with Gasteiger partial charge in [0.15, 0.2) is 6.61 Å². The summed E-state index contributed by atoms with van der Waals surface area (Å²) in [5, 5.41) is 23.3. The summed E-state index contributed by atoms with van der Waals surface area (Å²) in [6.07, 6.45) is -2.23. The maximum Gasteiger partial charge on any atom is 0.422 e. The molecule has 6 rings (SSSR count). The average Bonchev–Trinajstić information content (AvgIpc) is 3.98. The number of rotatable bonds is 16. The first kappa shape index (κ1) is 40.6. The van der Waals surface area contributed by atoms with E-state index in [9.17, 15) is 37.5 Å². The summed E-state index contributed by atoms with van der Waals surface area (Å²) in [4.78, 5) is 66.0. The fourth-order valence-electron chi connectivity index (χ4n) is 5.33. The van der Waals surface area contributed by atoms with Gasteiger partial charge in [0, 0.05) is 28.9 Å². The minimum absolute atomic E-state index is 0.0491. The molecule has 1 aliphatic rings. The van der Waals surface area contributed by atoms with Gasteiger partial charge in [-0.25, -0.2) is 9.78 Å². The van der Waals surface area contributed by atoms with Crippen molar-refractivity contribution in [1.82, 2.24) is 30.6 Å². The molecule has 58 heavy (non-hydrogen) atoms. The van der Waals surface area contributed by atoms with Crippen LogP contribution in [0.2, 0.25) is 5.02 Å². The van der Waals surface area contributed by atoms with E-state index in [4.69, 9.17) is 21.1 Å². The van der Waals surface area contributed by atoms with E-state index in [2.05, 4.69) is 46.5 Å². The third kappa shape index (κ3) is 11.5. The molecule has 300 valence electrons. The Labute approximate surface area is 332 Å². The van der Waals surface area contributed by atoms with E-state index in [0.717, 1.165) is 5.56 Å². The Morgan fingerprint density at radius 2 is 1.53 bits per heavy atom. The summed E-state index contributed by atoms with van der Waals surface area (Å²) in [5.74, 6) is -3.61. The van der Waals surface area contributed by atoms with E-state index < -0.39 is 54.1 Å². The minimum Gasteiger partial charge on any atom is -0.480 e. The van der Waals surface area contributed by atoms with Crippen molar-refractivity contribution in [3.63, 3.8) is 0 Å². The van der Waals surface area contributed by atoms with Crippen LogP contribution in [0.5, 0.6) is 17.6 Å². The molecule has 5 aromatic rings. The molecule has 2 heterocycles. The third-order valence-corrected chi connectivity index (χ3v) is 8.62. The SMILES string of the molecule is O=C(NCC[C@H](NC(=O)c1ccc(Nc2nc(NC3(c4ccc(Cl)cc4)CC3)nc(OCC(F)(F)F)n2)cc1)C(=O)O)C(=O)Nc1ccc(Oc2ccccc2)nc1. The van der Waals surface area contributed by atoms with Crippen molar-refractivity contribution in [3.05, 3.63) is 113 Å². The molecule has 1 aliphatic carbocycles. The lowest BCUT2D eigenvalue weighted by Gasteiger charge is -2.19. The summed E-state index contributed by atoms with van der Waals surface area (Å²) >= 11 is 6.02. The van der Waals surface area contributed by atoms with Crippen molar-refractivity contribution in [2.24, 2.45) is 0 Å². The van der Waals surface area contributed by atoms with Gasteiger partial charge in [0.25, 0.3) is 5.91 Å². The first-order valence-corrected chi connectivity index (χ1v) is 17.8. The van der Waals surface area contributed by atoms with Crippen molar-refractivity contribution in [3.8, 4) is 17.6 Å². The maximum atomic E-state index is 13.0. The molecule has 1 fully saturated rings. The van der Waals surface area contributed by atoms with Crippen molar-refractivity contribution in [2.75, 3.05) is 29.1 Å². The third-order valence-electron chi connectivity index (χ3n) is 8.37. The van der Waals surface area contributed by atoms with Crippen LogP contribution in [0, 0.1) is 0 Å². The van der Waals surface area contributed by atoms with E-state index in [1.807, 2.05) is 18.2 Å². The number of alkyl halides is 3. The van der Waals surface area contributed by atoms with Gasteiger partial charge in [-0.15, -0.1) is 0 Å². The number of halogens is 4. The van der Waals surface area contributed by atoms with Crippen LogP contribution in [-0.2, 0) is 19.9 Å². The van der Waals surface area contributed by atoms with Gasteiger partial charge in [0.2, 0.25) is 17.8 Å². The Balaban J connectivity index is 1.01.